The lowest BCUT2D eigenvalue weighted by molar-refractivity contribution is 0.199. The maximum absolute atomic E-state index is 5.05. The van der Waals surface area contributed by atoms with E-state index >= 15 is 0 Å². The topological polar surface area (TPSA) is 37.4 Å². The fraction of sp³-hybridized carbons (Fsp3) is 0.812. The van der Waals surface area contributed by atoms with Gasteiger partial charge in [0.15, 0.2) is 5.13 Å². The van der Waals surface area contributed by atoms with E-state index in [1.807, 2.05) is 11.3 Å². The second kappa shape index (κ2) is 7.56. The molecule has 1 aromatic rings. The van der Waals surface area contributed by atoms with Gasteiger partial charge in [0.1, 0.15) is 0 Å². The molecule has 3 rings (SSSR count). The van der Waals surface area contributed by atoms with Gasteiger partial charge in [-0.05, 0) is 31.6 Å². The summed E-state index contributed by atoms with van der Waals surface area (Å²) in [5.41, 5.74) is 1.17. The summed E-state index contributed by atoms with van der Waals surface area (Å²) in [6.07, 6.45) is 8.42. The highest BCUT2D eigenvalue weighted by molar-refractivity contribution is 7.13. The molecule has 118 valence electrons. The van der Waals surface area contributed by atoms with Crippen molar-refractivity contribution in [3.63, 3.8) is 0 Å². The van der Waals surface area contributed by atoms with Crippen molar-refractivity contribution in [3.8, 4) is 0 Å². The minimum atomic E-state index is 0.757. The van der Waals surface area contributed by atoms with Crippen LogP contribution in [-0.4, -0.2) is 37.8 Å². The van der Waals surface area contributed by atoms with Crippen molar-refractivity contribution >= 4 is 16.5 Å². The third kappa shape index (κ3) is 3.76. The molecule has 1 N–H and O–H groups in total. The molecule has 1 aliphatic carbocycles. The first-order valence-electron chi connectivity index (χ1n) is 8.29. The summed E-state index contributed by atoms with van der Waals surface area (Å²) in [4.78, 5) is 7.45. The zero-order valence-corrected chi connectivity index (χ0v) is 13.8. The Kier molecular flexibility index (Phi) is 5.49. The zero-order valence-electron chi connectivity index (χ0n) is 13.0. The van der Waals surface area contributed by atoms with Crippen LogP contribution in [0.15, 0.2) is 5.38 Å². The number of hydrogen-bond acceptors (Lipinski definition) is 5. The van der Waals surface area contributed by atoms with E-state index in [1.54, 1.807) is 7.11 Å². The van der Waals surface area contributed by atoms with Crippen LogP contribution >= 0.6 is 11.3 Å². The zero-order chi connectivity index (χ0) is 14.5. The second-order valence-electron chi connectivity index (χ2n) is 6.24. The molecule has 1 saturated heterocycles. The number of methoxy groups -OCH3 is 1. The van der Waals surface area contributed by atoms with Gasteiger partial charge in [0.2, 0.25) is 0 Å². The molecule has 1 aliphatic heterocycles. The predicted molar refractivity (Wildman–Crippen MR) is 88.0 cm³/mol. The Balaban J connectivity index is 1.56. The third-order valence-electron chi connectivity index (χ3n) is 4.82. The van der Waals surface area contributed by atoms with Gasteiger partial charge in [-0.1, -0.05) is 12.8 Å². The molecule has 21 heavy (non-hydrogen) atoms. The highest BCUT2D eigenvalue weighted by Crippen LogP contribution is 2.38. The molecule has 0 bridgehead atoms. The molecule has 0 radical (unpaired) electrons. The van der Waals surface area contributed by atoms with Crippen LogP contribution in [0.4, 0.5) is 5.13 Å². The van der Waals surface area contributed by atoms with Crippen molar-refractivity contribution in [3.05, 3.63) is 11.1 Å². The fourth-order valence-corrected chi connectivity index (χ4v) is 4.67. The number of ether oxygens (including phenoxy) is 1. The molecule has 2 heterocycles. The van der Waals surface area contributed by atoms with Crippen LogP contribution in [0, 0.1) is 5.92 Å². The molecule has 5 heteroatoms. The lowest BCUT2D eigenvalue weighted by Crippen LogP contribution is -2.34. The maximum Gasteiger partial charge on any atom is 0.185 e. The van der Waals surface area contributed by atoms with Gasteiger partial charge in [-0.15, -0.1) is 11.3 Å². The highest BCUT2D eigenvalue weighted by atomic mass is 32.1. The number of anilines is 1. The van der Waals surface area contributed by atoms with E-state index < -0.39 is 0 Å². The van der Waals surface area contributed by atoms with Gasteiger partial charge >= 0.3 is 0 Å². The first-order chi connectivity index (χ1) is 10.4. The summed E-state index contributed by atoms with van der Waals surface area (Å²) >= 11 is 1.82. The molecule has 1 atom stereocenters. The van der Waals surface area contributed by atoms with Gasteiger partial charge in [-0.25, -0.2) is 4.98 Å². The number of hydrogen-bond donors (Lipinski definition) is 1. The molecule has 4 nitrogen and oxygen atoms in total. The van der Waals surface area contributed by atoms with Crippen molar-refractivity contribution in [1.82, 2.24) is 10.3 Å². The minimum Gasteiger partial charge on any atom is -0.383 e. The Labute approximate surface area is 131 Å². The molecule has 1 saturated carbocycles. The van der Waals surface area contributed by atoms with E-state index in [4.69, 9.17) is 9.72 Å². The van der Waals surface area contributed by atoms with E-state index in [1.165, 1.54) is 55.9 Å². The van der Waals surface area contributed by atoms with Gasteiger partial charge in [0.05, 0.1) is 12.3 Å². The van der Waals surface area contributed by atoms with Crippen LogP contribution in [0.3, 0.4) is 0 Å². The van der Waals surface area contributed by atoms with Crippen LogP contribution in [-0.2, 0) is 11.3 Å². The second-order valence-corrected chi connectivity index (χ2v) is 7.08. The first kappa shape index (κ1) is 15.3. The molecule has 0 amide bonds. The summed E-state index contributed by atoms with van der Waals surface area (Å²) < 4.78 is 5.05. The predicted octanol–water partition coefficient (Wildman–Crippen LogP) is 3.04. The molecule has 0 spiro atoms. The first-order valence-corrected chi connectivity index (χ1v) is 9.17. The summed E-state index contributed by atoms with van der Waals surface area (Å²) in [5.74, 6) is 0.916. The molecule has 2 aliphatic rings. The molecule has 2 fully saturated rings. The van der Waals surface area contributed by atoms with Crippen LogP contribution in [0.1, 0.15) is 44.2 Å². The Bertz CT molecular complexity index is 431. The maximum atomic E-state index is 5.05. The van der Waals surface area contributed by atoms with E-state index in [-0.39, 0.29) is 0 Å². The fourth-order valence-electron chi connectivity index (χ4n) is 3.76. The van der Waals surface area contributed by atoms with E-state index in [0.29, 0.717) is 0 Å². The quantitative estimate of drug-likeness (QED) is 0.786. The van der Waals surface area contributed by atoms with Crippen molar-refractivity contribution in [2.75, 3.05) is 31.7 Å². The largest absolute Gasteiger partial charge is 0.383 e. The number of aromatic nitrogens is 1. The minimum absolute atomic E-state index is 0.757. The summed E-state index contributed by atoms with van der Waals surface area (Å²) in [7, 11) is 1.74. The standard InChI is InChI=1S/C16H27N3OS/c1-20-10-8-17-11-14-12-21-16(18-14)19-9-4-7-15(19)13-5-2-3-6-13/h12-13,15,17H,2-11H2,1H3. The number of thiazole rings is 1. The lowest BCUT2D eigenvalue weighted by Gasteiger charge is -2.29. The summed E-state index contributed by atoms with van der Waals surface area (Å²) in [6.45, 7) is 3.69. The number of rotatable bonds is 7. The molecule has 0 aromatic carbocycles. The Hall–Kier alpha value is -0.650. The van der Waals surface area contributed by atoms with Gasteiger partial charge < -0.3 is 15.0 Å². The Morgan fingerprint density at radius 3 is 3.00 bits per heavy atom. The summed E-state index contributed by atoms with van der Waals surface area (Å²) in [5, 5.41) is 6.82. The van der Waals surface area contributed by atoms with Crippen molar-refractivity contribution < 1.29 is 4.74 Å². The van der Waals surface area contributed by atoms with Gasteiger partial charge in [0.25, 0.3) is 0 Å². The monoisotopic (exact) mass is 309 g/mol. The average Bonchev–Trinajstić information content (AvgIpc) is 3.22. The Morgan fingerprint density at radius 1 is 1.33 bits per heavy atom. The Morgan fingerprint density at radius 2 is 2.19 bits per heavy atom. The summed E-state index contributed by atoms with van der Waals surface area (Å²) in [6, 6.07) is 0.757. The van der Waals surface area contributed by atoms with Gasteiger partial charge in [0, 0.05) is 38.2 Å². The van der Waals surface area contributed by atoms with Gasteiger partial charge in [-0.2, -0.15) is 0 Å². The molecule has 1 unspecified atom stereocenters. The smallest absolute Gasteiger partial charge is 0.185 e. The highest BCUT2D eigenvalue weighted by Gasteiger charge is 2.34. The normalized spacial score (nSPS) is 23.3. The number of nitrogens with one attached hydrogen (secondary N) is 1. The third-order valence-corrected chi connectivity index (χ3v) is 5.74. The molecular formula is C16H27N3OS. The van der Waals surface area contributed by atoms with Crippen LogP contribution in [0.2, 0.25) is 0 Å². The van der Waals surface area contributed by atoms with Crippen LogP contribution in [0.25, 0.3) is 0 Å². The van der Waals surface area contributed by atoms with Crippen molar-refractivity contribution in [2.24, 2.45) is 5.92 Å². The van der Waals surface area contributed by atoms with Crippen LogP contribution < -0.4 is 10.2 Å². The van der Waals surface area contributed by atoms with Crippen molar-refractivity contribution in [1.29, 1.82) is 0 Å². The van der Waals surface area contributed by atoms with E-state index in [2.05, 4.69) is 15.6 Å². The molecular weight excluding hydrogens is 282 g/mol. The van der Waals surface area contributed by atoms with Gasteiger partial charge in [-0.3, -0.25) is 0 Å². The van der Waals surface area contributed by atoms with E-state index in [0.717, 1.165) is 31.7 Å². The lowest BCUT2D eigenvalue weighted by atomic mass is 9.96. The molecule has 1 aromatic heterocycles. The van der Waals surface area contributed by atoms with E-state index in [9.17, 15) is 0 Å². The number of nitrogens with zero attached hydrogens (tertiary/aromatic N) is 2. The van der Waals surface area contributed by atoms with Crippen LogP contribution in [0.5, 0.6) is 0 Å². The van der Waals surface area contributed by atoms with Crippen molar-refractivity contribution in [2.45, 2.75) is 51.1 Å². The SMILES string of the molecule is COCCNCc1csc(N2CCCC2C2CCCC2)n1. The average molecular weight is 309 g/mol.